The molecule has 162 valence electrons. The van der Waals surface area contributed by atoms with Gasteiger partial charge in [-0.05, 0) is 24.3 Å². The summed E-state index contributed by atoms with van der Waals surface area (Å²) in [7, 11) is 1.66. The molecule has 2 aliphatic heterocycles. The maximum absolute atomic E-state index is 13.5. The number of rotatable bonds is 5. The SMILES string of the molecule is COc1cc2c(cc1CN1CCc3onc(Nc4cccc(F)c4)c3C1)OCCCO2. The third kappa shape index (κ3) is 4.16. The van der Waals surface area contributed by atoms with Crippen LogP contribution in [0.2, 0.25) is 0 Å². The first-order valence-electron chi connectivity index (χ1n) is 10.4. The topological polar surface area (TPSA) is 69.0 Å². The van der Waals surface area contributed by atoms with Gasteiger partial charge in [0.05, 0.1) is 25.9 Å². The van der Waals surface area contributed by atoms with Gasteiger partial charge < -0.3 is 24.1 Å². The molecule has 0 radical (unpaired) electrons. The van der Waals surface area contributed by atoms with E-state index in [0.29, 0.717) is 37.8 Å². The van der Waals surface area contributed by atoms with Gasteiger partial charge in [-0.3, -0.25) is 4.90 Å². The summed E-state index contributed by atoms with van der Waals surface area (Å²) in [5, 5.41) is 7.34. The van der Waals surface area contributed by atoms with Gasteiger partial charge in [0.15, 0.2) is 17.3 Å². The van der Waals surface area contributed by atoms with Crippen LogP contribution in [0.25, 0.3) is 0 Å². The Kier molecular flexibility index (Phi) is 5.38. The Labute approximate surface area is 179 Å². The van der Waals surface area contributed by atoms with Crippen molar-refractivity contribution in [1.29, 1.82) is 0 Å². The van der Waals surface area contributed by atoms with Gasteiger partial charge in [-0.1, -0.05) is 11.2 Å². The number of hydrogen-bond acceptors (Lipinski definition) is 7. The summed E-state index contributed by atoms with van der Waals surface area (Å²) in [6, 6.07) is 10.2. The molecule has 0 unspecified atom stereocenters. The summed E-state index contributed by atoms with van der Waals surface area (Å²) < 4.78 is 36.3. The second kappa shape index (κ2) is 8.47. The number of halogens is 1. The number of nitrogens with zero attached hydrogens (tertiary/aromatic N) is 2. The molecule has 0 amide bonds. The Morgan fingerprint density at radius 2 is 2.00 bits per heavy atom. The fourth-order valence-electron chi connectivity index (χ4n) is 3.99. The normalized spacial score (nSPS) is 15.8. The van der Waals surface area contributed by atoms with Crippen molar-refractivity contribution in [2.45, 2.75) is 25.9 Å². The number of benzene rings is 2. The van der Waals surface area contributed by atoms with E-state index < -0.39 is 0 Å². The highest BCUT2D eigenvalue weighted by Gasteiger charge is 2.26. The number of hydrogen-bond donors (Lipinski definition) is 1. The third-order valence-electron chi connectivity index (χ3n) is 5.54. The van der Waals surface area contributed by atoms with Crippen LogP contribution in [-0.2, 0) is 19.5 Å². The average Bonchev–Trinajstić information content (AvgIpc) is 3.01. The van der Waals surface area contributed by atoms with Crippen LogP contribution in [0.15, 0.2) is 40.9 Å². The molecule has 0 atom stereocenters. The number of ether oxygens (including phenoxy) is 3. The number of methoxy groups -OCH3 is 1. The van der Waals surface area contributed by atoms with Crippen LogP contribution in [0.1, 0.15) is 23.3 Å². The highest BCUT2D eigenvalue weighted by atomic mass is 19.1. The molecule has 0 bridgehead atoms. The fraction of sp³-hybridized carbons (Fsp3) is 0.348. The minimum absolute atomic E-state index is 0.300. The van der Waals surface area contributed by atoms with Crippen LogP contribution in [0.5, 0.6) is 17.2 Å². The van der Waals surface area contributed by atoms with Crippen molar-refractivity contribution in [2.75, 3.05) is 32.2 Å². The number of nitrogens with one attached hydrogen (secondary N) is 1. The van der Waals surface area contributed by atoms with Gasteiger partial charge in [-0.25, -0.2) is 4.39 Å². The molecule has 0 fully saturated rings. The van der Waals surface area contributed by atoms with E-state index in [0.717, 1.165) is 53.5 Å². The summed E-state index contributed by atoms with van der Waals surface area (Å²) >= 11 is 0. The second-order valence-corrected chi connectivity index (χ2v) is 7.69. The zero-order valence-electron chi connectivity index (χ0n) is 17.3. The molecule has 2 aliphatic rings. The molecule has 31 heavy (non-hydrogen) atoms. The molecule has 3 aromatic rings. The Bertz CT molecular complexity index is 1080. The maximum atomic E-state index is 13.5. The molecular weight excluding hydrogens is 401 g/mol. The molecule has 1 N–H and O–H groups in total. The van der Waals surface area contributed by atoms with Crippen molar-refractivity contribution in [2.24, 2.45) is 0 Å². The zero-order valence-corrected chi connectivity index (χ0v) is 17.3. The van der Waals surface area contributed by atoms with Crippen molar-refractivity contribution in [1.82, 2.24) is 10.1 Å². The van der Waals surface area contributed by atoms with Crippen molar-refractivity contribution < 1.29 is 23.1 Å². The molecule has 2 aromatic carbocycles. The fourth-order valence-corrected chi connectivity index (χ4v) is 3.99. The average molecular weight is 425 g/mol. The van der Waals surface area contributed by atoms with Crippen LogP contribution < -0.4 is 19.5 Å². The lowest BCUT2D eigenvalue weighted by Gasteiger charge is -2.27. The van der Waals surface area contributed by atoms with Crippen molar-refractivity contribution in [3.05, 3.63) is 59.1 Å². The predicted molar refractivity (Wildman–Crippen MR) is 113 cm³/mol. The maximum Gasteiger partial charge on any atom is 0.178 e. The van der Waals surface area contributed by atoms with Gasteiger partial charge in [-0.15, -0.1) is 0 Å². The van der Waals surface area contributed by atoms with Gasteiger partial charge in [0.2, 0.25) is 0 Å². The Balaban J connectivity index is 1.35. The molecule has 1 aromatic heterocycles. The van der Waals surface area contributed by atoms with E-state index in [4.69, 9.17) is 18.7 Å². The number of anilines is 2. The third-order valence-corrected chi connectivity index (χ3v) is 5.54. The minimum atomic E-state index is -0.300. The lowest BCUT2D eigenvalue weighted by molar-refractivity contribution is 0.225. The standard InChI is InChI=1S/C23H24FN3O4/c1-28-20-12-22-21(29-8-3-9-30-22)10-15(20)13-27-7-6-19-18(14-27)23(26-31-19)25-17-5-2-4-16(24)11-17/h2,4-5,10-12H,3,6-9,13-14H2,1H3,(H,25,26). The van der Waals surface area contributed by atoms with Gasteiger partial charge in [0, 0.05) is 49.8 Å². The first kappa shape index (κ1) is 19.7. The lowest BCUT2D eigenvalue weighted by Crippen LogP contribution is -2.30. The second-order valence-electron chi connectivity index (χ2n) is 7.69. The molecule has 7 nitrogen and oxygen atoms in total. The predicted octanol–water partition coefficient (Wildman–Crippen LogP) is 4.29. The van der Waals surface area contributed by atoms with E-state index in [-0.39, 0.29) is 5.82 Å². The molecular formula is C23H24FN3O4. The van der Waals surface area contributed by atoms with Crippen molar-refractivity contribution >= 4 is 11.5 Å². The highest BCUT2D eigenvalue weighted by molar-refractivity contribution is 5.60. The largest absolute Gasteiger partial charge is 0.496 e. The number of fused-ring (bicyclic) bond motifs is 2. The van der Waals surface area contributed by atoms with E-state index in [2.05, 4.69) is 15.4 Å². The zero-order chi connectivity index (χ0) is 21.2. The summed E-state index contributed by atoms with van der Waals surface area (Å²) in [6.07, 6.45) is 1.61. The molecule has 0 spiro atoms. The first-order chi connectivity index (χ1) is 15.2. The molecule has 3 heterocycles. The van der Waals surface area contributed by atoms with Gasteiger partial charge in [-0.2, -0.15) is 0 Å². The van der Waals surface area contributed by atoms with Crippen LogP contribution >= 0.6 is 0 Å². The smallest absolute Gasteiger partial charge is 0.178 e. The monoisotopic (exact) mass is 425 g/mol. The van der Waals surface area contributed by atoms with E-state index in [1.807, 2.05) is 12.1 Å². The highest BCUT2D eigenvalue weighted by Crippen LogP contribution is 2.38. The summed E-state index contributed by atoms with van der Waals surface area (Å²) in [5.74, 6) is 3.43. The van der Waals surface area contributed by atoms with E-state index >= 15 is 0 Å². The number of aromatic nitrogens is 1. The Morgan fingerprint density at radius 3 is 2.81 bits per heavy atom. The van der Waals surface area contributed by atoms with Crippen LogP contribution in [0.3, 0.4) is 0 Å². The quantitative estimate of drug-likeness (QED) is 0.654. The summed E-state index contributed by atoms with van der Waals surface area (Å²) in [4.78, 5) is 2.30. The van der Waals surface area contributed by atoms with Crippen LogP contribution in [0.4, 0.5) is 15.9 Å². The van der Waals surface area contributed by atoms with Gasteiger partial charge in [0.25, 0.3) is 0 Å². The molecule has 0 saturated heterocycles. The van der Waals surface area contributed by atoms with E-state index in [1.54, 1.807) is 19.2 Å². The van der Waals surface area contributed by atoms with E-state index in [9.17, 15) is 4.39 Å². The van der Waals surface area contributed by atoms with Crippen molar-refractivity contribution in [3.8, 4) is 17.2 Å². The van der Waals surface area contributed by atoms with Crippen LogP contribution in [0, 0.1) is 5.82 Å². The van der Waals surface area contributed by atoms with Crippen LogP contribution in [-0.4, -0.2) is 36.9 Å². The van der Waals surface area contributed by atoms with E-state index in [1.165, 1.54) is 12.1 Å². The van der Waals surface area contributed by atoms with Gasteiger partial charge >= 0.3 is 0 Å². The van der Waals surface area contributed by atoms with Crippen molar-refractivity contribution in [3.63, 3.8) is 0 Å². The minimum Gasteiger partial charge on any atom is -0.496 e. The Hall–Kier alpha value is -3.26. The summed E-state index contributed by atoms with van der Waals surface area (Å²) in [5.41, 5.74) is 2.66. The summed E-state index contributed by atoms with van der Waals surface area (Å²) in [6.45, 7) is 3.46. The molecule has 5 rings (SSSR count). The Morgan fingerprint density at radius 1 is 1.16 bits per heavy atom. The first-order valence-corrected chi connectivity index (χ1v) is 10.4. The van der Waals surface area contributed by atoms with Gasteiger partial charge in [0.1, 0.15) is 17.3 Å². The molecule has 8 heteroatoms. The molecule has 0 saturated carbocycles. The molecule has 0 aliphatic carbocycles. The lowest BCUT2D eigenvalue weighted by atomic mass is 10.1.